The number of rotatable bonds is 2. The van der Waals surface area contributed by atoms with E-state index >= 15 is 0 Å². The number of halogens is 1. The Kier molecular flexibility index (Phi) is 3.15. The standard InChI is InChI=1S/C14H7ClN4O/c15-14-9(7-16)6-10(11-3-4-17-8-18-11)13(19-14)12-2-1-5-20-12/h1-6,8H. The van der Waals surface area contributed by atoms with E-state index in [0.29, 0.717) is 22.7 Å². The van der Waals surface area contributed by atoms with Crippen LogP contribution in [0.3, 0.4) is 0 Å². The third-order valence-corrected chi connectivity index (χ3v) is 3.00. The van der Waals surface area contributed by atoms with Crippen LogP contribution < -0.4 is 0 Å². The fraction of sp³-hybridized carbons (Fsp3) is 0. The highest BCUT2D eigenvalue weighted by Crippen LogP contribution is 2.32. The van der Waals surface area contributed by atoms with Gasteiger partial charge < -0.3 is 4.42 Å². The summed E-state index contributed by atoms with van der Waals surface area (Å²) >= 11 is 6.00. The molecular weight excluding hydrogens is 276 g/mol. The molecule has 0 aliphatic carbocycles. The Morgan fingerprint density at radius 2 is 2.20 bits per heavy atom. The van der Waals surface area contributed by atoms with E-state index in [9.17, 15) is 0 Å². The summed E-state index contributed by atoms with van der Waals surface area (Å²) in [6.07, 6.45) is 4.60. The van der Waals surface area contributed by atoms with Gasteiger partial charge in [-0.05, 0) is 24.3 Å². The van der Waals surface area contributed by atoms with Crippen molar-refractivity contribution in [1.82, 2.24) is 15.0 Å². The predicted molar refractivity (Wildman–Crippen MR) is 72.7 cm³/mol. The molecule has 3 aromatic heterocycles. The zero-order valence-corrected chi connectivity index (χ0v) is 10.9. The van der Waals surface area contributed by atoms with Gasteiger partial charge in [0.15, 0.2) is 5.76 Å². The largest absolute Gasteiger partial charge is 0.463 e. The van der Waals surface area contributed by atoms with E-state index in [1.54, 1.807) is 36.7 Å². The normalized spacial score (nSPS) is 10.2. The van der Waals surface area contributed by atoms with Gasteiger partial charge in [-0.1, -0.05) is 11.6 Å². The molecule has 3 aromatic rings. The molecule has 0 unspecified atom stereocenters. The molecule has 0 fully saturated rings. The van der Waals surface area contributed by atoms with E-state index in [1.807, 2.05) is 6.07 Å². The molecule has 6 heteroatoms. The van der Waals surface area contributed by atoms with Crippen molar-refractivity contribution in [1.29, 1.82) is 5.26 Å². The predicted octanol–water partition coefficient (Wildman–Crippen LogP) is 3.32. The lowest BCUT2D eigenvalue weighted by Crippen LogP contribution is -1.94. The Hall–Kier alpha value is -2.71. The summed E-state index contributed by atoms with van der Waals surface area (Å²) in [6, 6.07) is 8.92. The average Bonchev–Trinajstić information content (AvgIpc) is 3.02. The lowest BCUT2D eigenvalue weighted by Gasteiger charge is -2.07. The van der Waals surface area contributed by atoms with E-state index < -0.39 is 0 Å². The third-order valence-electron chi connectivity index (χ3n) is 2.71. The van der Waals surface area contributed by atoms with Gasteiger partial charge in [0.25, 0.3) is 0 Å². The minimum Gasteiger partial charge on any atom is -0.463 e. The number of pyridine rings is 1. The van der Waals surface area contributed by atoms with Crippen molar-refractivity contribution in [2.24, 2.45) is 0 Å². The lowest BCUT2D eigenvalue weighted by atomic mass is 10.1. The van der Waals surface area contributed by atoms with E-state index in [4.69, 9.17) is 21.3 Å². The SMILES string of the molecule is N#Cc1cc(-c2ccncn2)c(-c2ccco2)nc1Cl. The van der Waals surface area contributed by atoms with Crippen molar-refractivity contribution in [2.45, 2.75) is 0 Å². The highest BCUT2D eigenvalue weighted by Gasteiger charge is 2.16. The second-order valence-corrected chi connectivity index (χ2v) is 4.26. The van der Waals surface area contributed by atoms with Gasteiger partial charge in [0.05, 0.1) is 17.5 Å². The molecule has 0 N–H and O–H groups in total. The maximum Gasteiger partial charge on any atom is 0.152 e. The van der Waals surface area contributed by atoms with E-state index in [-0.39, 0.29) is 10.7 Å². The number of furan rings is 1. The molecule has 3 rings (SSSR count). The highest BCUT2D eigenvalue weighted by molar-refractivity contribution is 6.30. The van der Waals surface area contributed by atoms with Crippen molar-refractivity contribution in [3.8, 4) is 28.8 Å². The quantitative estimate of drug-likeness (QED) is 0.674. The smallest absolute Gasteiger partial charge is 0.152 e. The molecule has 96 valence electrons. The van der Waals surface area contributed by atoms with Gasteiger partial charge in [-0.25, -0.2) is 15.0 Å². The van der Waals surface area contributed by atoms with Crippen molar-refractivity contribution >= 4 is 11.6 Å². The molecule has 20 heavy (non-hydrogen) atoms. The summed E-state index contributed by atoms with van der Waals surface area (Å²) in [7, 11) is 0. The van der Waals surface area contributed by atoms with Crippen LogP contribution in [-0.4, -0.2) is 15.0 Å². The Bertz CT molecular complexity index is 779. The van der Waals surface area contributed by atoms with Crippen molar-refractivity contribution in [2.75, 3.05) is 0 Å². The Balaban J connectivity index is 2.29. The fourth-order valence-corrected chi connectivity index (χ4v) is 2.00. The number of aromatic nitrogens is 3. The minimum atomic E-state index is 0.136. The average molecular weight is 283 g/mol. The van der Waals surface area contributed by atoms with Gasteiger partial charge in [0, 0.05) is 11.8 Å². The first-order chi connectivity index (χ1) is 9.79. The van der Waals surface area contributed by atoms with Crippen LogP contribution in [0, 0.1) is 11.3 Å². The molecule has 0 atom stereocenters. The molecule has 0 radical (unpaired) electrons. The van der Waals surface area contributed by atoms with Crippen LogP contribution >= 0.6 is 11.6 Å². The first-order valence-corrected chi connectivity index (χ1v) is 6.08. The van der Waals surface area contributed by atoms with Crippen molar-refractivity contribution < 1.29 is 4.42 Å². The Labute approximate surface area is 119 Å². The van der Waals surface area contributed by atoms with Crippen LogP contribution in [0.25, 0.3) is 22.7 Å². The fourth-order valence-electron chi connectivity index (χ4n) is 1.82. The van der Waals surface area contributed by atoms with Crippen LogP contribution in [0.5, 0.6) is 0 Å². The number of hydrogen-bond acceptors (Lipinski definition) is 5. The van der Waals surface area contributed by atoms with Gasteiger partial charge in [0.2, 0.25) is 0 Å². The lowest BCUT2D eigenvalue weighted by molar-refractivity contribution is 0.580. The molecule has 0 aromatic carbocycles. The maximum atomic E-state index is 9.08. The molecule has 0 saturated carbocycles. The first-order valence-electron chi connectivity index (χ1n) is 5.70. The second kappa shape index (κ2) is 5.11. The van der Waals surface area contributed by atoms with E-state index in [1.165, 1.54) is 6.33 Å². The second-order valence-electron chi connectivity index (χ2n) is 3.91. The van der Waals surface area contributed by atoms with Gasteiger partial charge in [-0.2, -0.15) is 5.26 Å². The summed E-state index contributed by atoms with van der Waals surface area (Å²) in [4.78, 5) is 12.3. The monoisotopic (exact) mass is 282 g/mol. The summed E-state index contributed by atoms with van der Waals surface area (Å²) in [5.74, 6) is 0.560. The number of hydrogen-bond donors (Lipinski definition) is 0. The van der Waals surface area contributed by atoms with Gasteiger partial charge in [-0.15, -0.1) is 0 Å². The molecule has 0 aliphatic heterocycles. The summed E-state index contributed by atoms with van der Waals surface area (Å²) < 4.78 is 5.36. The molecular formula is C14H7ClN4O. The molecule has 3 heterocycles. The zero-order valence-electron chi connectivity index (χ0n) is 10.1. The van der Waals surface area contributed by atoms with Gasteiger partial charge >= 0.3 is 0 Å². The summed E-state index contributed by atoms with van der Waals surface area (Å²) in [6.45, 7) is 0. The van der Waals surface area contributed by atoms with Crippen LogP contribution in [0.2, 0.25) is 5.15 Å². The molecule has 0 spiro atoms. The van der Waals surface area contributed by atoms with Gasteiger partial charge in [0.1, 0.15) is 23.2 Å². The van der Waals surface area contributed by atoms with Crippen LogP contribution in [0.4, 0.5) is 0 Å². The maximum absolute atomic E-state index is 9.08. The van der Waals surface area contributed by atoms with Crippen LogP contribution in [0.1, 0.15) is 5.56 Å². The van der Waals surface area contributed by atoms with E-state index in [2.05, 4.69) is 15.0 Å². The van der Waals surface area contributed by atoms with E-state index in [0.717, 1.165) is 0 Å². The van der Waals surface area contributed by atoms with Crippen LogP contribution in [0.15, 0.2) is 47.5 Å². The topological polar surface area (TPSA) is 75.6 Å². The minimum absolute atomic E-state index is 0.136. The van der Waals surface area contributed by atoms with Crippen molar-refractivity contribution in [3.05, 3.63) is 53.8 Å². The molecule has 0 aliphatic rings. The number of nitrogens with zero attached hydrogens (tertiary/aromatic N) is 4. The van der Waals surface area contributed by atoms with Gasteiger partial charge in [-0.3, -0.25) is 0 Å². The molecule has 0 amide bonds. The summed E-state index contributed by atoms with van der Waals surface area (Å²) in [5, 5.41) is 9.22. The third kappa shape index (κ3) is 2.13. The molecule has 5 nitrogen and oxygen atoms in total. The highest BCUT2D eigenvalue weighted by atomic mass is 35.5. The zero-order chi connectivity index (χ0) is 13.9. The summed E-state index contributed by atoms with van der Waals surface area (Å²) in [5.41, 5.74) is 2.14. The molecule has 0 saturated heterocycles. The molecule has 0 bridgehead atoms. The Morgan fingerprint density at radius 1 is 1.30 bits per heavy atom. The van der Waals surface area contributed by atoms with Crippen LogP contribution in [-0.2, 0) is 0 Å². The Morgan fingerprint density at radius 3 is 2.85 bits per heavy atom. The first kappa shape index (κ1) is 12.3. The number of nitriles is 1. The van der Waals surface area contributed by atoms with Crippen molar-refractivity contribution in [3.63, 3.8) is 0 Å².